The van der Waals surface area contributed by atoms with Gasteiger partial charge in [0.15, 0.2) is 11.5 Å². The lowest BCUT2D eigenvalue weighted by Gasteiger charge is -2.36. The second-order valence-corrected chi connectivity index (χ2v) is 21.9. The summed E-state index contributed by atoms with van der Waals surface area (Å²) in [4.78, 5) is 40.7. The third kappa shape index (κ3) is 8.93. The van der Waals surface area contributed by atoms with Gasteiger partial charge in [0.05, 0.1) is 42.0 Å². The van der Waals surface area contributed by atoms with Crippen LogP contribution in [0, 0.1) is 15.2 Å². The van der Waals surface area contributed by atoms with Crippen LogP contribution < -0.4 is 21.2 Å². The number of aromatic nitrogens is 5. The van der Waals surface area contributed by atoms with Gasteiger partial charge in [-0.25, -0.2) is 41.0 Å². The minimum atomic E-state index is -4.98. The molecule has 9 rings (SSSR count). The number of halogens is 11. The Bertz CT molecular complexity index is 3070. The zero-order valence-electron chi connectivity index (χ0n) is 36.0. The van der Waals surface area contributed by atoms with Crippen LogP contribution in [-0.2, 0) is 38.4 Å². The quantitative estimate of drug-likeness (QED) is 0.0778. The Kier molecular flexibility index (Phi) is 12.4. The molecular weight excluding hydrogens is 1090 g/mol. The average molecular weight is 1130 g/mol. The summed E-state index contributed by atoms with van der Waals surface area (Å²) in [5.41, 5.74) is -1.81. The summed E-state index contributed by atoms with van der Waals surface area (Å²) in [5, 5.41) is 6.30. The van der Waals surface area contributed by atoms with Crippen molar-refractivity contribution in [3.05, 3.63) is 103 Å². The number of benzene rings is 1. The van der Waals surface area contributed by atoms with E-state index >= 15 is 13.6 Å². The molecule has 0 radical (unpaired) electrons. The number of pyridine rings is 1. The van der Waals surface area contributed by atoms with Gasteiger partial charge in [-0.1, -0.05) is 17.7 Å². The second-order valence-electron chi connectivity index (χ2n) is 17.4. The SMILES string of the molecule is C[C@@H]1CN(c2ccc3c(=O)n(C4C=CC(Cl)=C5C(=NS(C)(=O)=O)NN(CC(F)(F)F)C54)c([C@H](Cc4cc(F)cc(F)c4)NC(=O)Cn4nc(C(F)F)c5c4C(F)(F)C4(I=N)CC54)nc3n2)C[C@H](C)O1. The summed E-state index contributed by atoms with van der Waals surface area (Å²) in [6, 6.07) is 0.00720. The molecule has 1 aromatic carbocycles. The molecule has 0 bridgehead atoms. The van der Waals surface area contributed by atoms with Crippen molar-refractivity contribution in [1.82, 2.24) is 40.1 Å². The standard InChI is InChI=1S/C41H38ClF9IN11O5S/c1-17-13-60(14-18(2)68-17)27-7-4-22-35(55-27)56-37(63(38(22)65)26-6-5-24(42)30-32(26)62(16-40(47,48)49)58-36(30)59-69(3,66)67)25(10-19-8-20(43)11-21(44)9-19)54-28(64)15-61-33-29(31(57-61)34(45)46)23-12-39(23,52-53)41(33,50)51/h4-9,11,17-18,23,25-26,32,34,53H,10,12-16H2,1-3H3,(H,54,64)(H,58,59)/t17-,18+,23?,25-,26?,32?,39?/m0/s1. The number of allylic oxidation sites excluding steroid dienone is 2. The van der Waals surface area contributed by atoms with Gasteiger partial charge in [0, 0.05) is 47.7 Å². The first-order chi connectivity index (χ1) is 32.3. The maximum Gasteiger partial charge on any atom is 0.403 e. The number of nitrogens with one attached hydrogen (secondary N) is 3. The van der Waals surface area contributed by atoms with Crippen LogP contribution >= 0.6 is 32.6 Å². The summed E-state index contributed by atoms with van der Waals surface area (Å²) >= 11 is 4.61. The Morgan fingerprint density at radius 1 is 1.12 bits per heavy atom. The number of nitrogens with zero attached hydrogens (tertiary/aromatic N) is 8. The molecule has 2 saturated heterocycles. The van der Waals surface area contributed by atoms with Gasteiger partial charge < -0.3 is 20.4 Å². The van der Waals surface area contributed by atoms with Crippen molar-refractivity contribution in [2.45, 2.75) is 91.4 Å². The van der Waals surface area contributed by atoms with Crippen molar-refractivity contribution in [3.8, 4) is 0 Å². The molecule has 28 heteroatoms. The average Bonchev–Trinajstić information content (AvgIpc) is 3.64. The molecule has 5 aliphatic rings. The van der Waals surface area contributed by atoms with Crippen molar-refractivity contribution in [1.29, 1.82) is 3.56 Å². The first-order valence-electron chi connectivity index (χ1n) is 20.9. The maximum atomic E-state index is 16.1. The molecule has 3 aromatic heterocycles. The van der Waals surface area contributed by atoms with E-state index in [1.165, 1.54) is 24.3 Å². The normalized spacial score (nSPS) is 26.4. The van der Waals surface area contributed by atoms with Crippen LogP contribution in [0.1, 0.15) is 73.0 Å². The number of amidine groups is 1. The van der Waals surface area contributed by atoms with E-state index in [9.17, 15) is 43.9 Å². The molecule has 5 heterocycles. The number of rotatable bonds is 12. The number of sulfonamides is 1. The van der Waals surface area contributed by atoms with Gasteiger partial charge in [0.2, 0.25) is 5.91 Å². The van der Waals surface area contributed by atoms with Gasteiger partial charge in [-0.3, -0.25) is 22.4 Å². The van der Waals surface area contributed by atoms with E-state index in [2.05, 4.69) is 25.2 Å². The van der Waals surface area contributed by atoms with Crippen LogP contribution in [0.15, 0.2) is 62.3 Å². The Morgan fingerprint density at radius 2 is 1.80 bits per heavy atom. The van der Waals surface area contributed by atoms with Crippen LogP contribution in [0.3, 0.4) is 0 Å². The highest BCUT2D eigenvalue weighted by Gasteiger charge is 2.78. The van der Waals surface area contributed by atoms with E-state index in [0.717, 1.165) is 16.7 Å². The molecule has 69 heavy (non-hydrogen) atoms. The van der Waals surface area contributed by atoms with Crippen molar-refractivity contribution >= 4 is 71.3 Å². The molecule has 1 amide bonds. The second kappa shape index (κ2) is 17.4. The minimum Gasteiger partial charge on any atom is -0.372 e. The summed E-state index contributed by atoms with van der Waals surface area (Å²) in [6.07, 6.45) is -6.67. The molecule has 3 fully saturated rings. The molecule has 0 spiro atoms. The molecule has 4 unspecified atom stereocenters. The molecule has 7 atom stereocenters. The van der Waals surface area contributed by atoms with Crippen LogP contribution in [0.5, 0.6) is 0 Å². The summed E-state index contributed by atoms with van der Waals surface area (Å²) < 4.78 is 176. The fourth-order valence-electron chi connectivity index (χ4n) is 9.77. The number of ether oxygens (including phenoxy) is 1. The Morgan fingerprint density at radius 3 is 2.42 bits per heavy atom. The smallest absolute Gasteiger partial charge is 0.372 e. The predicted octanol–water partition coefficient (Wildman–Crippen LogP) is 6.70. The Balaban J connectivity index is 1.23. The topological polar surface area (TPSA) is 193 Å². The van der Waals surface area contributed by atoms with E-state index < -0.39 is 148 Å². The lowest BCUT2D eigenvalue weighted by atomic mass is 9.93. The molecule has 3 N–H and O–H groups in total. The third-order valence-corrected chi connectivity index (χ3v) is 16.0. The zero-order valence-corrected chi connectivity index (χ0v) is 39.7. The van der Waals surface area contributed by atoms with Crippen molar-refractivity contribution in [3.63, 3.8) is 0 Å². The van der Waals surface area contributed by atoms with E-state index in [4.69, 9.17) is 24.9 Å². The maximum absolute atomic E-state index is 16.1. The molecular formula is C41H38ClF9IN11O5S. The molecule has 4 aromatic rings. The number of fused-ring (bicyclic) bond motifs is 5. The number of hydrazine groups is 1. The number of carbonyl (C=O) groups excluding carboxylic acids is 1. The van der Waals surface area contributed by atoms with Gasteiger partial charge in [-0.15, -0.1) is 4.40 Å². The number of amides is 1. The van der Waals surface area contributed by atoms with Crippen LogP contribution in [0.4, 0.5) is 45.3 Å². The van der Waals surface area contributed by atoms with E-state index in [1.54, 1.807) is 0 Å². The van der Waals surface area contributed by atoms with Crippen LogP contribution in [-0.4, -0.2) is 103 Å². The summed E-state index contributed by atoms with van der Waals surface area (Å²) in [6.45, 7) is 1.39. The highest BCUT2D eigenvalue weighted by atomic mass is 127. The monoisotopic (exact) mass is 1130 g/mol. The van der Waals surface area contributed by atoms with Gasteiger partial charge in [0.25, 0.3) is 22.0 Å². The van der Waals surface area contributed by atoms with Crippen LogP contribution in [0.2, 0.25) is 0 Å². The predicted molar refractivity (Wildman–Crippen MR) is 238 cm³/mol. The van der Waals surface area contributed by atoms with Gasteiger partial charge in [0.1, 0.15) is 51.2 Å². The van der Waals surface area contributed by atoms with Gasteiger partial charge in [-0.2, -0.15) is 27.1 Å². The van der Waals surface area contributed by atoms with Crippen LogP contribution in [0.25, 0.3) is 11.0 Å². The van der Waals surface area contributed by atoms with Crippen molar-refractivity contribution in [2.75, 3.05) is 30.8 Å². The molecule has 1 saturated carbocycles. The fourth-order valence-corrected chi connectivity index (χ4v) is 12.5. The first kappa shape index (κ1) is 49.0. The summed E-state index contributed by atoms with van der Waals surface area (Å²) in [5.74, 6) is -9.14. The number of carbonyl (C=O) groups is 1. The zero-order chi connectivity index (χ0) is 49.9. The lowest BCUT2D eigenvalue weighted by molar-refractivity contribution is -0.153. The molecule has 370 valence electrons. The Hall–Kier alpha value is -5.00. The van der Waals surface area contributed by atoms with Crippen molar-refractivity contribution < 1.29 is 57.5 Å². The largest absolute Gasteiger partial charge is 0.403 e. The molecule has 3 aliphatic carbocycles. The first-order valence-corrected chi connectivity index (χ1v) is 25.3. The third-order valence-electron chi connectivity index (χ3n) is 12.3. The minimum absolute atomic E-state index is 0.184. The van der Waals surface area contributed by atoms with Gasteiger partial charge >= 0.3 is 12.1 Å². The number of hydrogen-bond donors (Lipinski definition) is 3. The fraction of sp³-hybridized carbons (Fsp3) is 0.463. The number of morpholine rings is 1. The number of anilines is 1. The highest BCUT2D eigenvalue weighted by Crippen LogP contribution is 2.77. The lowest BCUT2D eigenvalue weighted by Crippen LogP contribution is -2.50. The van der Waals surface area contributed by atoms with E-state index in [-0.39, 0.29) is 45.8 Å². The highest BCUT2D eigenvalue weighted by molar-refractivity contribution is 14.2. The van der Waals surface area contributed by atoms with Crippen molar-refractivity contribution in [2.24, 2.45) is 4.40 Å². The van der Waals surface area contributed by atoms with E-state index in [1.807, 2.05) is 18.7 Å². The number of alkyl halides is 8. The molecule has 16 nitrogen and oxygen atoms in total. The molecule has 2 aliphatic heterocycles. The summed E-state index contributed by atoms with van der Waals surface area (Å²) in [7, 11) is -4.32. The van der Waals surface area contributed by atoms with E-state index in [0.29, 0.717) is 40.9 Å². The van der Waals surface area contributed by atoms with Gasteiger partial charge in [-0.05, 0) is 77.2 Å². The number of hydrogen-bond acceptors (Lipinski definition) is 11. The Labute approximate surface area is 400 Å².